The Balaban J connectivity index is 2.09. The largest absolute Gasteiger partial charge is 0.464 e. The molecule has 1 saturated carbocycles. The number of halogens is 2. The van der Waals surface area contributed by atoms with E-state index in [0.717, 1.165) is 23.0 Å². The summed E-state index contributed by atoms with van der Waals surface area (Å²) in [5.74, 6) is 0.891. The van der Waals surface area contributed by atoms with Crippen LogP contribution < -0.4 is 4.90 Å². The molecule has 0 radical (unpaired) electrons. The molecule has 7 heteroatoms. The van der Waals surface area contributed by atoms with Gasteiger partial charge in [0, 0.05) is 23.1 Å². The van der Waals surface area contributed by atoms with Gasteiger partial charge in [-0.1, -0.05) is 33.6 Å². The molecule has 23 heavy (non-hydrogen) atoms. The summed E-state index contributed by atoms with van der Waals surface area (Å²) >= 11 is 9.84. The van der Waals surface area contributed by atoms with Crippen LogP contribution in [0.2, 0.25) is 5.02 Å². The van der Waals surface area contributed by atoms with Crippen LogP contribution in [0.5, 0.6) is 0 Å². The van der Waals surface area contributed by atoms with Gasteiger partial charge in [-0.3, -0.25) is 0 Å². The van der Waals surface area contributed by atoms with Crippen LogP contribution in [0.25, 0.3) is 0 Å². The van der Waals surface area contributed by atoms with Crippen molar-refractivity contribution in [2.24, 2.45) is 0 Å². The maximum atomic E-state index is 12.0. The highest BCUT2D eigenvalue weighted by molar-refractivity contribution is 9.10. The number of hydrogen-bond acceptors (Lipinski definition) is 5. The van der Waals surface area contributed by atoms with Crippen LogP contribution in [-0.4, -0.2) is 30.1 Å². The molecular formula is C16H15BrClN3O2. The molecule has 0 atom stereocenters. The quantitative estimate of drug-likeness (QED) is 0.720. The Morgan fingerprint density at radius 1 is 1.39 bits per heavy atom. The molecule has 1 heterocycles. The van der Waals surface area contributed by atoms with E-state index in [-0.39, 0.29) is 10.7 Å². The van der Waals surface area contributed by atoms with Gasteiger partial charge < -0.3 is 9.64 Å². The van der Waals surface area contributed by atoms with Gasteiger partial charge in [-0.15, -0.1) is 0 Å². The lowest BCUT2D eigenvalue weighted by atomic mass is 10.2. The third kappa shape index (κ3) is 3.33. The minimum Gasteiger partial charge on any atom is -0.464 e. The minimum atomic E-state index is -0.553. The van der Waals surface area contributed by atoms with E-state index in [2.05, 4.69) is 25.9 Å². The van der Waals surface area contributed by atoms with Crippen molar-refractivity contribution in [1.82, 2.24) is 9.97 Å². The summed E-state index contributed by atoms with van der Waals surface area (Å²) in [5.41, 5.74) is 1.01. The predicted molar refractivity (Wildman–Crippen MR) is 92.6 cm³/mol. The Labute approximate surface area is 147 Å². The van der Waals surface area contributed by atoms with E-state index < -0.39 is 5.97 Å². The standard InChI is InChI=1S/C16H15BrClN3O2/c1-21(11-5-3-4-10(17)8-11)15-12(18)13(16(22)23-2)19-14(20-15)9-6-7-9/h3-5,8-9H,6-7H2,1-2H3. The maximum Gasteiger partial charge on any atom is 0.358 e. The molecule has 5 nitrogen and oxygen atoms in total. The first-order valence-electron chi connectivity index (χ1n) is 7.16. The van der Waals surface area contributed by atoms with Crippen LogP contribution in [0.4, 0.5) is 11.5 Å². The molecule has 0 N–H and O–H groups in total. The number of benzene rings is 1. The van der Waals surface area contributed by atoms with E-state index in [1.54, 1.807) is 0 Å². The van der Waals surface area contributed by atoms with E-state index in [0.29, 0.717) is 17.6 Å². The number of esters is 1. The topological polar surface area (TPSA) is 55.3 Å². The number of carbonyl (C=O) groups excluding carboxylic acids is 1. The molecule has 0 amide bonds. The molecule has 1 fully saturated rings. The van der Waals surface area contributed by atoms with Crippen LogP contribution in [0, 0.1) is 0 Å². The van der Waals surface area contributed by atoms with Crippen molar-refractivity contribution in [3.8, 4) is 0 Å². The molecular weight excluding hydrogens is 382 g/mol. The van der Waals surface area contributed by atoms with Crippen molar-refractivity contribution in [3.63, 3.8) is 0 Å². The smallest absolute Gasteiger partial charge is 0.358 e. The van der Waals surface area contributed by atoms with Crippen LogP contribution in [0.1, 0.15) is 35.1 Å². The zero-order valence-electron chi connectivity index (χ0n) is 12.7. The molecule has 0 unspecified atom stereocenters. The highest BCUT2D eigenvalue weighted by Crippen LogP contribution is 2.41. The van der Waals surface area contributed by atoms with Gasteiger partial charge in [-0.25, -0.2) is 14.8 Å². The molecule has 1 aliphatic carbocycles. The first kappa shape index (κ1) is 16.2. The van der Waals surface area contributed by atoms with Crippen LogP contribution >= 0.6 is 27.5 Å². The normalized spacial score (nSPS) is 13.7. The van der Waals surface area contributed by atoms with Crippen LogP contribution in [-0.2, 0) is 4.74 Å². The highest BCUT2D eigenvalue weighted by Gasteiger charge is 2.31. The van der Waals surface area contributed by atoms with Gasteiger partial charge in [-0.05, 0) is 31.0 Å². The molecule has 0 spiro atoms. The van der Waals surface area contributed by atoms with E-state index in [1.165, 1.54) is 7.11 Å². The molecule has 0 bridgehead atoms. The van der Waals surface area contributed by atoms with Crippen molar-refractivity contribution in [2.75, 3.05) is 19.1 Å². The highest BCUT2D eigenvalue weighted by atomic mass is 79.9. The lowest BCUT2D eigenvalue weighted by Crippen LogP contribution is -2.17. The number of aromatic nitrogens is 2. The van der Waals surface area contributed by atoms with Gasteiger partial charge in [-0.2, -0.15) is 0 Å². The average Bonchev–Trinajstić information content (AvgIpc) is 3.38. The lowest BCUT2D eigenvalue weighted by Gasteiger charge is -2.21. The number of anilines is 2. The number of nitrogens with zero attached hydrogens (tertiary/aromatic N) is 3. The first-order chi connectivity index (χ1) is 11.0. The van der Waals surface area contributed by atoms with Crippen LogP contribution in [0.15, 0.2) is 28.7 Å². The fourth-order valence-electron chi connectivity index (χ4n) is 2.24. The summed E-state index contributed by atoms with van der Waals surface area (Å²) in [4.78, 5) is 22.7. The Hall–Kier alpha value is -1.66. The van der Waals surface area contributed by atoms with E-state index in [4.69, 9.17) is 16.3 Å². The Bertz CT molecular complexity index is 765. The zero-order valence-corrected chi connectivity index (χ0v) is 15.1. The van der Waals surface area contributed by atoms with Gasteiger partial charge in [0.25, 0.3) is 0 Å². The second-order valence-corrected chi connectivity index (χ2v) is 6.67. The summed E-state index contributed by atoms with van der Waals surface area (Å²) in [6.07, 6.45) is 2.06. The molecule has 3 rings (SSSR count). The van der Waals surface area contributed by atoms with Gasteiger partial charge in [0.05, 0.1) is 7.11 Å². The molecule has 2 aromatic rings. The predicted octanol–water partition coefficient (Wildman–Crippen LogP) is 4.32. The Morgan fingerprint density at radius 3 is 2.74 bits per heavy atom. The van der Waals surface area contributed by atoms with Gasteiger partial charge in [0.15, 0.2) is 11.5 Å². The second-order valence-electron chi connectivity index (χ2n) is 5.37. The summed E-state index contributed by atoms with van der Waals surface area (Å²) in [6.45, 7) is 0. The average molecular weight is 397 g/mol. The monoisotopic (exact) mass is 395 g/mol. The van der Waals surface area contributed by atoms with Crippen molar-refractivity contribution >= 4 is 45.0 Å². The third-order valence-corrected chi connectivity index (χ3v) is 4.53. The SMILES string of the molecule is COC(=O)c1nc(C2CC2)nc(N(C)c2cccc(Br)c2)c1Cl. The molecule has 120 valence electrons. The number of hydrogen-bond donors (Lipinski definition) is 0. The van der Waals surface area contributed by atoms with Crippen molar-refractivity contribution in [1.29, 1.82) is 0 Å². The number of ether oxygens (including phenoxy) is 1. The molecule has 1 aliphatic rings. The summed E-state index contributed by atoms with van der Waals surface area (Å²) < 4.78 is 5.74. The molecule has 0 aliphatic heterocycles. The fraction of sp³-hybridized carbons (Fsp3) is 0.312. The number of methoxy groups -OCH3 is 1. The van der Waals surface area contributed by atoms with Crippen molar-refractivity contribution in [2.45, 2.75) is 18.8 Å². The summed E-state index contributed by atoms with van der Waals surface area (Å²) in [6, 6.07) is 7.76. The van der Waals surface area contributed by atoms with E-state index in [9.17, 15) is 4.79 Å². The van der Waals surface area contributed by atoms with Crippen LogP contribution in [0.3, 0.4) is 0 Å². The summed E-state index contributed by atoms with van der Waals surface area (Å²) in [7, 11) is 3.17. The fourth-order valence-corrected chi connectivity index (χ4v) is 2.91. The summed E-state index contributed by atoms with van der Waals surface area (Å²) in [5, 5.41) is 0.198. The van der Waals surface area contributed by atoms with Crippen molar-refractivity contribution in [3.05, 3.63) is 45.3 Å². The maximum absolute atomic E-state index is 12.0. The number of rotatable bonds is 4. The minimum absolute atomic E-state index is 0.114. The molecule has 1 aromatic heterocycles. The zero-order chi connectivity index (χ0) is 16.6. The Morgan fingerprint density at radius 2 is 2.13 bits per heavy atom. The van der Waals surface area contributed by atoms with Gasteiger partial charge >= 0.3 is 5.97 Å². The van der Waals surface area contributed by atoms with Gasteiger partial charge in [0.2, 0.25) is 0 Å². The van der Waals surface area contributed by atoms with E-state index >= 15 is 0 Å². The third-order valence-electron chi connectivity index (χ3n) is 3.69. The molecule has 0 saturated heterocycles. The number of carbonyl (C=O) groups is 1. The van der Waals surface area contributed by atoms with E-state index in [1.807, 2.05) is 36.2 Å². The van der Waals surface area contributed by atoms with Gasteiger partial charge in [0.1, 0.15) is 10.8 Å². The molecule has 1 aromatic carbocycles. The lowest BCUT2D eigenvalue weighted by molar-refractivity contribution is 0.0593. The second kappa shape index (κ2) is 6.45. The van der Waals surface area contributed by atoms with Crippen molar-refractivity contribution < 1.29 is 9.53 Å². The Kier molecular flexibility index (Phi) is 4.55. The first-order valence-corrected chi connectivity index (χ1v) is 8.33.